The summed E-state index contributed by atoms with van der Waals surface area (Å²) in [7, 11) is -3.57. The van der Waals surface area contributed by atoms with Crippen LogP contribution in [0.5, 0.6) is 0 Å². The summed E-state index contributed by atoms with van der Waals surface area (Å²) in [6.45, 7) is 3.66. The first kappa shape index (κ1) is 22.1. The second-order valence-electron chi connectivity index (χ2n) is 9.23. The van der Waals surface area contributed by atoms with Crippen molar-refractivity contribution < 1.29 is 13.2 Å². The molecule has 0 aliphatic carbocycles. The Morgan fingerprint density at radius 3 is 2.30 bits per heavy atom. The van der Waals surface area contributed by atoms with Crippen molar-refractivity contribution >= 4 is 26.7 Å². The molecule has 3 aromatic carbocycles. The molecule has 2 aliphatic heterocycles. The number of sulfonamides is 1. The zero-order chi connectivity index (χ0) is 23.0. The Kier molecular flexibility index (Phi) is 5.97. The molecular formula is C27H30N2O3S. The van der Waals surface area contributed by atoms with Crippen molar-refractivity contribution in [2.45, 2.75) is 43.5 Å². The minimum Gasteiger partial charge on any atom is -0.335 e. The summed E-state index contributed by atoms with van der Waals surface area (Å²) in [4.78, 5) is 15.8. The van der Waals surface area contributed by atoms with Gasteiger partial charge >= 0.3 is 0 Å². The molecule has 3 aromatic rings. The second-order valence-corrected chi connectivity index (χ2v) is 11.2. The lowest BCUT2D eigenvalue weighted by atomic mass is 9.94. The van der Waals surface area contributed by atoms with Gasteiger partial charge < -0.3 is 4.90 Å². The van der Waals surface area contributed by atoms with Crippen molar-refractivity contribution in [2.24, 2.45) is 5.92 Å². The van der Waals surface area contributed by atoms with E-state index in [1.165, 1.54) is 11.1 Å². The Balaban J connectivity index is 1.28. The quantitative estimate of drug-likeness (QED) is 0.553. The number of aryl methyl sites for hydroxylation is 1. The van der Waals surface area contributed by atoms with Gasteiger partial charge in [-0.2, -0.15) is 4.31 Å². The van der Waals surface area contributed by atoms with Gasteiger partial charge in [0.15, 0.2) is 0 Å². The normalized spacial score (nSPS) is 20.4. The highest BCUT2D eigenvalue weighted by atomic mass is 32.2. The van der Waals surface area contributed by atoms with Gasteiger partial charge in [-0.15, -0.1) is 0 Å². The molecule has 33 heavy (non-hydrogen) atoms. The summed E-state index contributed by atoms with van der Waals surface area (Å²) >= 11 is 0. The van der Waals surface area contributed by atoms with Crippen molar-refractivity contribution in [3.05, 3.63) is 77.9 Å². The van der Waals surface area contributed by atoms with Crippen molar-refractivity contribution in [2.75, 3.05) is 19.6 Å². The summed E-state index contributed by atoms with van der Waals surface area (Å²) in [6, 6.07) is 21.5. The number of nitrogens with zero attached hydrogens (tertiary/aromatic N) is 2. The van der Waals surface area contributed by atoms with E-state index in [0.29, 0.717) is 30.8 Å². The fourth-order valence-corrected chi connectivity index (χ4v) is 6.87. The van der Waals surface area contributed by atoms with Crippen LogP contribution in [0, 0.1) is 12.8 Å². The van der Waals surface area contributed by atoms with Gasteiger partial charge in [0.25, 0.3) is 0 Å². The molecule has 172 valence electrons. The maximum absolute atomic E-state index is 13.4. The Labute approximate surface area is 196 Å². The summed E-state index contributed by atoms with van der Waals surface area (Å²) < 4.78 is 28.1. The van der Waals surface area contributed by atoms with Crippen LogP contribution in [-0.2, 0) is 14.8 Å². The number of piperidine rings is 1. The van der Waals surface area contributed by atoms with Crippen molar-refractivity contribution in [3.63, 3.8) is 0 Å². The standard InChI is InChI=1S/C27H30N2O3S/c1-20-7-2-5-10-25(20)26-11-6-16-29(26)27(30)22-14-17-28(18-15-22)33(31,32)24-13-12-21-8-3-4-9-23(21)19-24/h2-5,7-10,12-13,19,22,26H,6,11,14-18H2,1H3. The van der Waals surface area contributed by atoms with Gasteiger partial charge in [-0.25, -0.2) is 8.42 Å². The number of benzene rings is 3. The number of hydrogen-bond acceptors (Lipinski definition) is 3. The lowest BCUT2D eigenvalue weighted by Crippen LogP contribution is -2.44. The molecule has 5 rings (SSSR count). The van der Waals surface area contributed by atoms with Gasteiger partial charge in [0.05, 0.1) is 10.9 Å². The first-order valence-corrected chi connectivity index (χ1v) is 13.2. The van der Waals surface area contributed by atoms with Crippen LogP contribution in [0.15, 0.2) is 71.6 Å². The molecule has 2 aliphatic rings. The maximum Gasteiger partial charge on any atom is 0.243 e. The number of carbonyl (C=O) groups excluding carboxylic acids is 1. The fraction of sp³-hybridized carbons (Fsp3) is 0.370. The van der Waals surface area contributed by atoms with E-state index in [2.05, 4.69) is 19.1 Å². The van der Waals surface area contributed by atoms with Crippen LogP contribution in [0.1, 0.15) is 42.9 Å². The van der Waals surface area contributed by atoms with E-state index in [1.54, 1.807) is 16.4 Å². The average molecular weight is 463 g/mol. The minimum atomic E-state index is -3.57. The SMILES string of the molecule is Cc1ccccc1C1CCCN1C(=O)C1CCN(S(=O)(=O)c2ccc3ccccc3c2)CC1. The largest absolute Gasteiger partial charge is 0.335 e. The van der Waals surface area contributed by atoms with E-state index in [4.69, 9.17) is 0 Å². The number of rotatable bonds is 4. The molecule has 1 atom stereocenters. The molecule has 0 saturated carbocycles. The van der Waals surface area contributed by atoms with Crippen molar-refractivity contribution in [1.82, 2.24) is 9.21 Å². The molecule has 1 amide bonds. The van der Waals surface area contributed by atoms with Crippen LogP contribution in [0.3, 0.4) is 0 Å². The molecule has 0 N–H and O–H groups in total. The molecule has 6 heteroatoms. The zero-order valence-electron chi connectivity index (χ0n) is 19.0. The molecule has 0 spiro atoms. The van der Waals surface area contributed by atoms with Gasteiger partial charge in [-0.1, -0.05) is 54.6 Å². The van der Waals surface area contributed by atoms with Gasteiger partial charge in [0.2, 0.25) is 15.9 Å². The third kappa shape index (κ3) is 4.18. The maximum atomic E-state index is 13.4. The summed E-state index contributed by atoms with van der Waals surface area (Å²) in [6.07, 6.45) is 3.15. The predicted octanol–water partition coefficient (Wildman–Crippen LogP) is 4.91. The van der Waals surface area contributed by atoms with E-state index in [1.807, 2.05) is 47.4 Å². The summed E-state index contributed by atoms with van der Waals surface area (Å²) in [5, 5.41) is 1.94. The third-order valence-corrected chi connectivity index (χ3v) is 9.14. The first-order valence-electron chi connectivity index (χ1n) is 11.8. The second kappa shape index (κ2) is 8.92. The minimum absolute atomic E-state index is 0.113. The van der Waals surface area contributed by atoms with Crippen LogP contribution >= 0.6 is 0 Å². The van der Waals surface area contributed by atoms with Crippen molar-refractivity contribution in [3.8, 4) is 0 Å². The number of amides is 1. The lowest BCUT2D eigenvalue weighted by molar-refractivity contribution is -0.137. The zero-order valence-corrected chi connectivity index (χ0v) is 19.8. The first-order chi connectivity index (χ1) is 15.9. The third-order valence-electron chi connectivity index (χ3n) is 7.25. The van der Waals surface area contributed by atoms with Crippen LogP contribution in [0.25, 0.3) is 10.8 Å². The topological polar surface area (TPSA) is 57.7 Å². The molecule has 1 unspecified atom stereocenters. The molecule has 0 aromatic heterocycles. The Morgan fingerprint density at radius 2 is 1.55 bits per heavy atom. The highest BCUT2D eigenvalue weighted by Crippen LogP contribution is 2.36. The van der Waals surface area contributed by atoms with Crippen LogP contribution in [0.2, 0.25) is 0 Å². The molecule has 2 saturated heterocycles. The molecule has 0 radical (unpaired) electrons. The Hall–Kier alpha value is -2.70. The van der Waals surface area contributed by atoms with E-state index in [0.717, 1.165) is 30.2 Å². The summed E-state index contributed by atoms with van der Waals surface area (Å²) in [5.74, 6) is 0.0705. The van der Waals surface area contributed by atoms with E-state index < -0.39 is 10.0 Å². The molecule has 5 nitrogen and oxygen atoms in total. The van der Waals surface area contributed by atoms with Gasteiger partial charge in [0, 0.05) is 25.6 Å². The molecule has 2 fully saturated rings. The van der Waals surface area contributed by atoms with E-state index in [-0.39, 0.29) is 17.9 Å². The highest BCUT2D eigenvalue weighted by Gasteiger charge is 2.38. The monoisotopic (exact) mass is 462 g/mol. The van der Waals surface area contributed by atoms with Crippen molar-refractivity contribution in [1.29, 1.82) is 0 Å². The number of hydrogen-bond donors (Lipinski definition) is 0. The fourth-order valence-electron chi connectivity index (χ4n) is 5.37. The van der Waals surface area contributed by atoms with E-state index in [9.17, 15) is 13.2 Å². The van der Waals surface area contributed by atoms with E-state index >= 15 is 0 Å². The predicted molar refractivity (Wildman–Crippen MR) is 130 cm³/mol. The van der Waals surface area contributed by atoms with Gasteiger partial charge in [-0.05, 0) is 66.6 Å². The Bertz CT molecular complexity index is 1280. The van der Waals surface area contributed by atoms with Crippen LogP contribution < -0.4 is 0 Å². The molecule has 0 bridgehead atoms. The van der Waals surface area contributed by atoms with Crippen LogP contribution in [-0.4, -0.2) is 43.2 Å². The van der Waals surface area contributed by atoms with Gasteiger partial charge in [0.1, 0.15) is 0 Å². The number of carbonyl (C=O) groups is 1. The van der Waals surface area contributed by atoms with Crippen LogP contribution in [0.4, 0.5) is 0 Å². The highest BCUT2D eigenvalue weighted by molar-refractivity contribution is 7.89. The number of likely N-dealkylation sites (tertiary alicyclic amines) is 1. The molecular weight excluding hydrogens is 432 g/mol. The lowest BCUT2D eigenvalue weighted by Gasteiger charge is -2.34. The Morgan fingerprint density at radius 1 is 0.848 bits per heavy atom. The molecule has 2 heterocycles. The average Bonchev–Trinajstić information content (AvgIpc) is 3.33. The van der Waals surface area contributed by atoms with Gasteiger partial charge in [-0.3, -0.25) is 4.79 Å². The summed E-state index contributed by atoms with van der Waals surface area (Å²) in [5.41, 5.74) is 2.46. The smallest absolute Gasteiger partial charge is 0.243 e. The number of fused-ring (bicyclic) bond motifs is 1.